The van der Waals surface area contributed by atoms with E-state index in [-0.39, 0.29) is 35.8 Å². The second-order valence-electron chi connectivity index (χ2n) is 9.91. The number of aryl methyl sites for hydroxylation is 1. The molecule has 1 aromatic heterocycles. The first-order chi connectivity index (χ1) is 18.0. The van der Waals surface area contributed by atoms with Crippen LogP contribution in [0.3, 0.4) is 0 Å². The Morgan fingerprint density at radius 2 is 1.73 bits per heavy atom. The highest BCUT2D eigenvalue weighted by atomic mass is 35.5. The van der Waals surface area contributed by atoms with Gasteiger partial charge in [-0.2, -0.15) is 0 Å². The van der Waals surface area contributed by atoms with Gasteiger partial charge in [0.15, 0.2) is 5.75 Å². The SMILES string of the molecule is O=C(NCC1CCC(C(=O)Oc2cc3oc(=O)c4c(c3cc2Cl)CCCC4)CC1)OCc1ccccc1. The van der Waals surface area contributed by atoms with Gasteiger partial charge >= 0.3 is 17.7 Å². The van der Waals surface area contributed by atoms with Crippen molar-refractivity contribution in [3.63, 3.8) is 0 Å². The van der Waals surface area contributed by atoms with Crippen LogP contribution in [-0.4, -0.2) is 18.6 Å². The van der Waals surface area contributed by atoms with Crippen LogP contribution in [0.25, 0.3) is 11.0 Å². The Bertz CT molecular complexity index is 1340. The number of hydrogen-bond acceptors (Lipinski definition) is 6. The van der Waals surface area contributed by atoms with E-state index in [0.717, 1.165) is 60.6 Å². The first-order valence-electron chi connectivity index (χ1n) is 12.9. The van der Waals surface area contributed by atoms with Crippen molar-refractivity contribution in [2.24, 2.45) is 11.8 Å². The molecule has 1 saturated carbocycles. The summed E-state index contributed by atoms with van der Waals surface area (Å²) in [6.07, 6.45) is 6.01. The molecule has 8 heteroatoms. The molecule has 1 heterocycles. The van der Waals surface area contributed by atoms with E-state index in [1.54, 1.807) is 12.1 Å². The first kappa shape index (κ1) is 25.3. The highest BCUT2D eigenvalue weighted by molar-refractivity contribution is 6.33. The standard InChI is InChI=1S/C29H30ClNO6/c30-24-14-23-21-8-4-5-9-22(21)28(33)36-25(23)15-26(24)37-27(32)20-12-10-18(11-13-20)16-31-29(34)35-17-19-6-2-1-3-7-19/h1-3,6-7,14-15,18,20H,4-5,8-13,16-17H2,(H,31,34). The van der Waals surface area contributed by atoms with Crippen LogP contribution < -0.4 is 15.7 Å². The predicted molar refractivity (Wildman–Crippen MR) is 140 cm³/mol. The lowest BCUT2D eigenvalue weighted by atomic mass is 9.82. The fourth-order valence-corrected chi connectivity index (χ4v) is 5.52. The van der Waals surface area contributed by atoms with E-state index in [1.807, 2.05) is 30.3 Å². The molecule has 3 aromatic rings. The van der Waals surface area contributed by atoms with Crippen molar-refractivity contribution in [1.82, 2.24) is 5.32 Å². The zero-order valence-electron chi connectivity index (χ0n) is 20.6. The summed E-state index contributed by atoms with van der Waals surface area (Å²) < 4.78 is 16.5. The highest BCUT2D eigenvalue weighted by Crippen LogP contribution is 2.36. The summed E-state index contributed by atoms with van der Waals surface area (Å²) in [6, 6.07) is 12.8. The number of carbonyl (C=O) groups is 2. The average molecular weight is 524 g/mol. The molecule has 1 fully saturated rings. The van der Waals surface area contributed by atoms with Crippen LogP contribution >= 0.6 is 11.6 Å². The van der Waals surface area contributed by atoms with Crippen LogP contribution in [0.5, 0.6) is 5.75 Å². The Labute approximate surface area is 220 Å². The normalized spacial score (nSPS) is 19.2. The van der Waals surface area contributed by atoms with Gasteiger partial charge in [0.25, 0.3) is 0 Å². The predicted octanol–water partition coefficient (Wildman–Crippen LogP) is 5.96. The maximum absolute atomic E-state index is 12.9. The van der Waals surface area contributed by atoms with Gasteiger partial charge in [0.1, 0.15) is 12.2 Å². The van der Waals surface area contributed by atoms with Crippen LogP contribution in [0.4, 0.5) is 4.79 Å². The number of amides is 1. The van der Waals surface area contributed by atoms with Gasteiger partial charge in [-0.3, -0.25) is 4.79 Å². The minimum Gasteiger partial charge on any atom is -0.445 e. The number of rotatable bonds is 6. The van der Waals surface area contributed by atoms with Crippen molar-refractivity contribution in [2.45, 2.75) is 58.0 Å². The Morgan fingerprint density at radius 3 is 2.49 bits per heavy atom. The van der Waals surface area contributed by atoms with Gasteiger partial charge < -0.3 is 19.2 Å². The third-order valence-electron chi connectivity index (χ3n) is 7.41. The summed E-state index contributed by atoms with van der Waals surface area (Å²) in [5.41, 5.74) is 2.73. The van der Waals surface area contributed by atoms with Crippen LogP contribution in [0, 0.1) is 11.8 Å². The van der Waals surface area contributed by atoms with Crippen LogP contribution in [-0.2, 0) is 29.0 Å². The van der Waals surface area contributed by atoms with Crippen molar-refractivity contribution < 1.29 is 23.5 Å². The average Bonchev–Trinajstić information content (AvgIpc) is 2.93. The summed E-state index contributed by atoms with van der Waals surface area (Å²) in [5, 5.41) is 3.97. The van der Waals surface area contributed by atoms with E-state index in [9.17, 15) is 14.4 Å². The lowest BCUT2D eigenvalue weighted by Crippen LogP contribution is -2.33. The van der Waals surface area contributed by atoms with Crippen LogP contribution in [0.1, 0.15) is 55.2 Å². The molecule has 0 bridgehead atoms. The number of alkyl carbamates (subject to hydrolysis) is 1. The molecule has 2 aromatic carbocycles. The van der Waals surface area contributed by atoms with Crippen LogP contribution in [0.2, 0.25) is 5.02 Å². The minimum atomic E-state index is -0.441. The Hall–Kier alpha value is -3.32. The molecule has 7 nitrogen and oxygen atoms in total. The lowest BCUT2D eigenvalue weighted by Gasteiger charge is -2.27. The fourth-order valence-electron chi connectivity index (χ4n) is 5.32. The highest BCUT2D eigenvalue weighted by Gasteiger charge is 2.29. The molecule has 0 radical (unpaired) electrons. The zero-order chi connectivity index (χ0) is 25.8. The topological polar surface area (TPSA) is 94.8 Å². The molecule has 0 unspecified atom stereocenters. The Kier molecular flexibility index (Phi) is 7.79. The van der Waals surface area contributed by atoms with Crippen molar-refractivity contribution in [2.75, 3.05) is 6.54 Å². The lowest BCUT2D eigenvalue weighted by molar-refractivity contribution is -0.140. The summed E-state index contributed by atoms with van der Waals surface area (Å²) >= 11 is 6.48. The van der Waals surface area contributed by atoms with Crippen molar-refractivity contribution in [1.29, 1.82) is 0 Å². The summed E-state index contributed by atoms with van der Waals surface area (Å²) in [4.78, 5) is 37.3. The number of fused-ring (bicyclic) bond motifs is 3. The van der Waals surface area contributed by atoms with Crippen molar-refractivity contribution in [3.8, 4) is 5.75 Å². The van der Waals surface area contributed by atoms with Gasteiger partial charge in [-0.1, -0.05) is 41.9 Å². The summed E-state index contributed by atoms with van der Waals surface area (Å²) in [6.45, 7) is 0.740. The molecule has 2 aliphatic carbocycles. The number of carbonyl (C=O) groups excluding carboxylic acids is 2. The molecule has 1 amide bonds. The number of esters is 1. The fraction of sp³-hybridized carbons (Fsp3) is 0.414. The van der Waals surface area contributed by atoms with Gasteiger partial charge in [0.05, 0.1) is 10.9 Å². The minimum absolute atomic E-state index is 0.211. The molecule has 5 rings (SSSR count). The van der Waals surface area contributed by atoms with E-state index in [1.165, 1.54) is 0 Å². The van der Waals surface area contributed by atoms with Gasteiger partial charge in [-0.15, -0.1) is 0 Å². The number of hydrogen-bond donors (Lipinski definition) is 1. The first-order valence-corrected chi connectivity index (χ1v) is 13.3. The molecular weight excluding hydrogens is 494 g/mol. The Balaban J connectivity index is 1.13. The summed E-state index contributed by atoms with van der Waals surface area (Å²) in [7, 11) is 0. The van der Waals surface area contributed by atoms with E-state index < -0.39 is 6.09 Å². The molecule has 1 N–H and O–H groups in total. The number of ether oxygens (including phenoxy) is 2. The zero-order valence-corrected chi connectivity index (χ0v) is 21.4. The van der Waals surface area contributed by atoms with Crippen molar-refractivity contribution >= 4 is 34.6 Å². The van der Waals surface area contributed by atoms with Crippen LogP contribution in [0.15, 0.2) is 51.7 Å². The van der Waals surface area contributed by atoms with E-state index in [4.69, 9.17) is 25.5 Å². The Morgan fingerprint density at radius 1 is 1.00 bits per heavy atom. The molecule has 194 valence electrons. The monoisotopic (exact) mass is 523 g/mol. The molecule has 2 aliphatic rings. The van der Waals surface area contributed by atoms with Crippen molar-refractivity contribution in [3.05, 3.63) is 74.6 Å². The second-order valence-corrected chi connectivity index (χ2v) is 10.3. The largest absolute Gasteiger partial charge is 0.445 e. The smallest absolute Gasteiger partial charge is 0.407 e. The van der Waals surface area contributed by atoms with Gasteiger partial charge in [-0.05, 0) is 74.5 Å². The molecule has 37 heavy (non-hydrogen) atoms. The van der Waals surface area contributed by atoms with E-state index in [2.05, 4.69) is 5.32 Å². The summed E-state index contributed by atoms with van der Waals surface area (Å²) in [5.74, 6) is -0.0973. The van der Waals surface area contributed by atoms with E-state index in [0.29, 0.717) is 30.0 Å². The quantitative estimate of drug-likeness (QED) is 0.243. The molecule has 0 atom stereocenters. The number of halogens is 1. The third kappa shape index (κ3) is 5.99. The molecule has 0 spiro atoms. The van der Waals surface area contributed by atoms with E-state index >= 15 is 0 Å². The number of nitrogens with one attached hydrogen (secondary N) is 1. The van der Waals surface area contributed by atoms with Gasteiger partial charge in [-0.25, -0.2) is 9.59 Å². The third-order valence-corrected chi connectivity index (χ3v) is 7.71. The molecular formula is C29H30ClNO6. The molecule has 0 aliphatic heterocycles. The maximum Gasteiger partial charge on any atom is 0.407 e. The molecule has 0 saturated heterocycles. The second kappa shape index (κ2) is 11.4. The van der Waals surface area contributed by atoms with Gasteiger partial charge in [0, 0.05) is 23.6 Å². The number of benzene rings is 2. The van der Waals surface area contributed by atoms with Gasteiger partial charge in [0.2, 0.25) is 0 Å². The maximum atomic E-state index is 12.9.